The number of rotatable bonds is 5. The number of para-hydroxylation sites is 1. The molecule has 0 unspecified atom stereocenters. The molecule has 0 radical (unpaired) electrons. The molecule has 0 saturated carbocycles. The number of aliphatic imine (C=N–C) groups is 1. The van der Waals surface area contributed by atoms with Crippen molar-refractivity contribution in [2.24, 2.45) is 4.99 Å². The van der Waals surface area contributed by atoms with E-state index in [4.69, 9.17) is 0 Å². The molecule has 0 amide bonds. The Morgan fingerprint density at radius 2 is 1.67 bits per heavy atom. The van der Waals surface area contributed by atoms with Crippen LogP contribution in [0.3, 0.4) is 0 Å². The van der Waals surface area contributed by atoms with Crippen LogP contribution in [0, 0.1) is 10.1 Å². The molecule has 0 saturated heterocycles. The van der Waals surface area contributed by atoms with Crippen LogP contribution in [0.1, 0.15) is 56.2 Å². The van der Waals surface area contributed by atoms with E-state index in [0.717, 1.165) is 16.8 Å². The summed E-state index contributed by atoms with van der Waals surface area (Å²) >= 11 is 0. The largest absolute Gasteiger partial charge is 0.507 e. The number of aromatic hydroxyl groups is 1. The molecule has 24 heavy (non-hydrogen) atoms. The van der Waals surface area contributed by atoms with Gasteiger partial charge in [0.05, 0.1) is 10.6 Å². The molecule has 0 bridgehead atoms. The Hall–Kier alpha value is -2.69. The zero-order valence-corrected chi connectivity index (χ0v) is 14.4. The zero-order valence-electron chi connectivity index (χ0n) is 14.4. The van der Waals surface area contributed by atoms with Gasteiger partial charge in [-0.3, -0.25) is 15.1 Å². The Morgan fingerprint density at radius 3 is 2.17 bits per heavy atom. The van der Waals surface area contributed by atoms with Gasteiger partial charge in [-0.2, -0.15) is 0 Å². The Bertz CT molecular complexity index is 754. The summed E-state index contributed by atoms with van der Waals surface area (Å²) < 4.78 is 0. The molecule has 1 N–H and O–H groups in total. The average molecular weight is 326 g/mol. The number of phenolic OH excluding ortho intramolecular Hbond substituents is 1. The lowest BCUT2D eigenvalue weighted by molar-refractivity contribution is -0.384. The topological polar surface area (TPSA) is 75.7 Å². The van der Waals surface area contributed by atoms with E-state index in [9.17, 15) is 15.2 Å². The van der Waals surface area contributed by atoms with Crippen LogP contribution >= 0.6 is 0 Å². The number of nitro benzene ring substituents is 1. The van der Waals surface area contributed by atoms with Crippen LogP contribution in [0.2, 0.25) is 0 Å². The molecule has 2 rings (SSSR count). The normalized spacial score (nSPS) is 11.6. The second-order valence-electron chi connectivity index (χ2n) is 6.35. The summed E-state index contributed by atoms with van der Waals surface area (Å²) in [5, 5.41) is 20.8. The molecule has 0 aliphatic carbocycles. The lowest BCUT2D eigenvalue weighted by Crippen LogP contribution is -1.96. The molecule has 0 fully saturated rings. The van der Waals surface area contributed by atoms with Crippen LogP contribution in [0.15, 0.2) is 41.4 Å². The molecule has 126 valence electrons. The standard InChI is InChI=1S/C19H22N2O3/c1-12(2)16-6-5-7-17(13(3)4)19(16)20-11-14-10-15(21(23)24)8-9-18(14)22/h5-13,22H,1-4H3. The van der Waals surface area contributed by atoms with Gasteiger partial charge in [-0.05, 0) is 29.0 Å². The SMILES string of the molecule is CC(C)c1cccc(C(C)C)c1N=Cc1cc([N+](=O)[O-])ccc1O. The molecular formula is C19H22N2O3. The number of non-ortho nitro benzene ring substituents is 1. The highest BCUT2D eigenvalue weighted by molar-refractivity contribution is 5.87. The first-order chi connectivity index (χ1) is 11.3. The minimum Gasteiger partial charge on any atom is -0.507 e. The highest BCUT2D eigenvalue weighted by atomic mass is 16.6. The number of phenols is 1. The van der Waals surface area contributed by atoms with Gasteiger partial charge in [0, 0.05) is 23.9 Å². The third-order valence-electron chi connectivity index (χ3n) is 3.90. The minimum atomic E-state index is -0.488. The quantitative estimate of drug-likeness (QED) is 0.460. The van der Waals surface area contributed by atoms with Gasteiger partial charge in [0.2, 0.25) is 0 Å². The number of hydrogen-bond donors (Lipinski definition) is 1. The van der Waals surface area contributed by atoms with Crippen molar-refractivity contribution >= 4 is 17.6 Å². The maximum absolute atomic E-state index is 10.9. The summed E-state index contributed by atoms with van der Waals surface area (Å²) in [6, 6.07) is 10.0. The molecule has 0 aliphatic rings. The fraction of sp³-hybridized carbons (Fsp3) is 0.316. The fourth-order valence-corrected chi connectivity index (χ4v) is 2.55. The predicted octanol–water partition coefficient (Wildman–Crippen LogP) is 5.30. The molecule has 0 heterocycles. The molecule has 0 aromatic heterocycles. The lowest BCUT2D eigenvalue weighted by atomic mass is 9.93. The van der Waals surface area contributed by atoms with Crippen molar-refractivity contribution in [3.63, 3.8) is 0 Å². The van der Waals surface area contributed by atoms with Gasteiger partial charge in [0.15, 0.2) is 0 Å². The molecule has 0 aliphatic heterocycles. The van der Waals surface area contributed by atoms with Crippen molar-refractivity contribution in [2.45, 2.75) is 39.5 Å². The average Bonchev–Trinajstić information content (AvgIpc) is 2.53. The van der Waals surface area contributed by atoms with Crippen LogP contribution in [0.25, 0.3) is 0 Å². The second kappa shape index (κ2) is 7.25. The zero-order chi connectivity index (χ0) is 17.9. The molecule has 0 spiro atoms. The van der Waals surface area contributed by atoms with Crippen molar-refractivity contribution in [3.05, 3.63) is 63.2 Å². The Morgan fingerprint density at radius 1 is 1.08 bits per heavy atom. The fourth-order valence-electron chi connectivity index (χ4n) is 2.55. The van der Waals surface area contributed by atoms with E-state index in [1.165, 1.54) is 24.4 Å². The van der Waals surface area contributed by atoms with Crippen LogP contribution in [0.4, 0.5) is 11.4 Å². The highest BCUT2D eigenvalue weighted by Crippen LogP contribution is 2.35. The summed E-state index contributed by atoms with van der Waals surface area (Å²) in [6.07, 6.45) is 1.50. The van der Waals surface area contributed by atoms with Crippen molar-refractivity contribution in [2.75, 3.05) is 0 Å². The van der Waals surface area contributed by atoms with E-state index < -0.39 is 4.92 Å². The van der Waals surface area contributed by atoms with Gasteiger partial charge in [-0.1, -0.05) is 45.9 Å². The first-order valence-electron chi connectivity index (χ1n) is 7.95. The van der Waals surface area contributed by atoms with E-state index in [0.29, 0.717) is 17.4 Å². The van der Waals surface area contributed by atoms with Gasteiger partial charge < -0.3 is 5.11 Å². The van der Waals surface area contributed by atoms with E-state index in [1.807, 2.05) is 18.2 Å². The van der Waals surface area contributed by atoms with E-state index in [1.54, 1.807) is 0 Å². The van der Waals surface area contributed by atoms with Crippen LogP contribution < -0.4 is 0 Å². The van der Waals surface area contributed by atoms with E-state index in [2.05, 4.69) is 32.7 Å². The first-order valence-corrected chi connectivity index (χ1v) is 7.95. The van der Waals surface area contributed by atoms with Crippen LogP contribution in [0.5, 0.6) is 5.75 Å². The maximum atomic E-state index is 10.9. The van der Waals surface area contributed by atoms with Gasteiger partial charge in [-0.25, -0.2) is 0 Å². The molecule has 0 atom stereocenters. The third-order valence-corrected chi connectivity index (χ3v) is 3.90. The molecule has 2 aromatic rings. The number of nitrogens with zero attached hydrogens (tertiary/aromatic N) is 2. The van der Waals surface area contributed by atoms with Gasteiger partial charge in [-0.15, -0.1) is 0 Å². The van der Waals surface area contributed by atoms with Crippen molar-refractivity contribution in [1.82, 2.24) is 0 Å². The third kappa shape index (κ3) is 3.79. The highest BCUT2D eigenvalue weighted by Gasteiger charge is 2.13. The summed E-state index contributed by atoms with van der Waals surface area (Å²) in [4.78, 5) is 15.0. The molecular weight excluding hydrogens is 304 g/mol. The minimum absolute atomic E-state index is 0.0301. The Labute approximate surface area is 141 Å². The van der Waals surface area contributed by atoms with Gasteiger partial charge >= 0.3 is 0 Å². The number of benzene rings is 2. The number of nitro groups is 1. The monoisotopic (exact) mass is 326 g/mol. The Kier molecular flexibility index (Phi) is 5.34. The van der Waals surface area contributed by atoms with Gasteiger partial charge in [0.1, 0.15) is 5.75 Å². The lowest BCUT2D eigenvalue weighted by Gasteiger charge is -2.16. The smallest absolute Gasteiger partial charge is 0.270 e. The van der Waals surface area contributed by atoms with Gasteiger partial charge in [0.25, 0.3) is 5.69 Å². The summed E-state index contributed by atoms with van der Waals surface area (Å²) in [5.41, 5.74) is 3.35. The maximum Gasteiger partial charge on any atom is 0.270 e. The Balaban J connectivity index is 2.53. The van der Waals surface area contributed by atoms with Crippen molar-refractivity contribution < 1.29 is 10.0 Å². The molecule has 5 heteroatoms. The summed E-state index contributed by atoms with van der Waals surface area (Å²) in [5.74, 6) is 0.571. The predicted molar refractivity (Wildman–Crippen MR) is 96.6 cm³/mol. The second-order valence-corrected chi connectivity index (χ2v) is 6.35. The van der Waals surface area contributed by atoms with E-state index in [-0.39, 0.29) is 11.4 Å². The molecule has 5 nitrogen and oxygen atoms in total. The molecule has 2 aromatic carbocycles. The summed E-state index contributed by atoms with van der Waals surface area (Å²) in [6.45, 7) is 8.40. The number of hydrogen-bond acceptors (Lipinski definition) is 4. The van der Waals surface area contributed by atoms with Crippen molar-refractivity contribution in [1.29, 1.82) is 0 Å². The summed E-state index contributed by atoms with van der Waals surface area (Å²) in [7, 11) is 0. The van der Waals surface area contributed by atoms with Crippen LogP contribution in [-0.2, 0) is 0 Å². The van der Waals surface area contributed by atoms with E-state index >= 15 is 0 Å². The first kappa shape index (κ1) is 17.7. The van der Waals surface area contributed by atoms with Crippen molar-refractivity contribution in [3.8, 4) is 5.75 Å². The van der Waals surface area contributed by atoms with Crippen LogP contribution in [-0.4, -0.2) is 16.2 Å².